The molecule has 0 spiro atoms. The van der Waals surface area contributed by atoms with Crippen LogP contribution in [-0.4, -0.2) is 10.7 Å². The van der Waals surface area contributed by atoms with Crippen molar-refractivity contribution in [3.8, 4) is 0 Å². The van der Waals surface area contributed by atoms with Gasteiger partial charge in [-0.15, -0.1) is 39.7 Å². The fourth-order valence-electron chi connectivity index (χ4n) is 2.49. The van der Waals surface area contributed by atoms with Crippen LogP contribution >= 0.6 is 18.6 Å². The second-order valence-electron chi connectivity index (χ2n) is 5.35. The molecule has 0 heterocycles. The molecule has 0 atom stereocenters. The Morgan fingerprint density at radius 2 is 1.19 bits per heavy atom. The van der Waals surface area contributed by atoms with E-state index in [9.17, 15) is 4.79 Å². The monoisotopic (exact) mass is 417 g/mol. The molecule has 0 aliphatic heterocycles. The van der Waals surface area contributed by atoms with Crippen LogP contribution in [0.15, 0.2) is 84.9 Å². The number of halogens is 2. The van der Waals surface area contributed by atoms with Crippen LogP contribution in [0.25, 0.3) is 27.3 Å². The molecule has 0 radical (unpaired) electrons. The number of rotatable bonds is 1. The summed E-state index contributed by atoms with van der Waals surface area (Å²) in [5.74, 6) is -0.629. The summed E-state index contributed by atoms with van der Waals surface area (Å²) in [5.41, 5.74) is 7.12. The molecular weight excluding hydrogens is 401 g/mol. The number of carbonyl (C=O) groups is 1. The molecule has 1 N–H and O–H groups in total. The first kappa shape index (κ1) is 20.5. The Bertz CT molecular complexity index is 958. The summed E-state index contributed by atoms with van der Waals surface area (Å²) in [4.78, 5) is 13.6. The van der Waals surface area contributed by atoms with Crippen LogP contribution in [0.4, 0.5) is 0 Å². The van der Waals surface area contributed by atoms with E-state index in [1.165, 1.54) is 21.5 Å². The van der Waals surface area contributed by atoms with E-state index in [4.69, 9.17) is 24.3 Å². The van der Waals surface area contributed by atoms with Crippen molar-refractivity contribution < 1.29 is 20.1 Å². The molecule has 4 rings (SSSR count). The van der Waals surface area contributed by atoms with Crippen LogP contribution in [0.5, 0.6) is 0 Å². The fraction of sp³-hybridized carbons (Fsp3) is 0. The number of nitrogens with one attached hydrogen (secondary N) is 1. The SMILES string of the molecule is [CH2]=[Ti]([Cl])[Cl].[NH-]C(=O)c1ccccc1.c1ccc2c(c1)[cH-]c1ccccc12. The number of carbonyl (C=O) groups excluding carboxylic acids is 1. The van der Waals surface area contributed by atoms with Gasteiger partial charge in [-0.3, -0.25) is 0 Å². The van der Waals surface area contributed by atoms with Crippen LogP contribution in [-0.2, 0) is 15.3 Å². The second-order valence-corrected chi connectivity index (χ2v) is 11.0. The van der Waals surface area contributed by atoms with Crippen molar-refractivity contribution in [2.45, 2.75) is 0 Å². The van der Waals surface area contributed by atoms with Gasteiger partial charge in [-0.2, -0.15) is 0 Å². The predicted octanol–water partition coefficient (Wildman–Crippen LogP) is 6.94. The van der Waals surface area contributed by atoms with E-state index >= 15 is 0 Å². The third kappa shape index (κ3) is 6.15. The maximum Gasteiger partial charge on any atom is 0.0796 e. The maximum absolute atomic E-state index is 10.3. The Labute approximate surface area is 166 Å². The third-order valence-electron chi connectivity index (χ3n) is 3.56. The van der Waals surface area contributed by atoms with Crippen LogP contribution in [0.1, 0.15) is 10.4 Å². The first-order chi connectivity index (χ1) is 12.5. The summed E-state index contributed by atoms with van der Waals surface area (Å²) in [7, 11) is 10.2. The molecule has 0 fully saturated rings. The first-order valence-corrected chi connectivity index (χ1v) is 13.2. The van der Waals surface area contributed by atoms with E-state index < -0.39 is 21.2 Å². The van der Waals surface area contributed by atoms with Gasteiger partial charge in [0.25, 0.3) is 0 Å². The van der Waals surface area contributed by atoms with Gasteiger partial charge in [-0.05, 0) is 5.56 Å². The van der Waals surface area contributed by atoms with Crippen molar-refractivity contribution in [1.29, 1.82) is 0 Å². The zero-order chi connectivity index (χ0) is 18.9. The normalized spacial score (nSPS) is 9.62. The van der Waals surface area contributed by atoms with Gasteiger partial charge in [-0.25, -0.2) is 0 Å². The largest absolute Gasteiger partial charge is 0.664 e. The molecule has 0 aliphatic carbocycles. The topological polar surface area (TPSA) is 40.9 Å². The van der Waals surface area contributed by atoms with E-state index in [0.29, 0.717) is 5.56 Å². The standard InChI is InChI=1S/C13H9.C7H7NO.CH2.2ClH.Ti/c1-3-7-12-10(5-1)9-11-6-2-4-8-13(11)12;8-7(9)6-4-2-1-3-5-6;;;;/h1-9H;1-5H,(H2,8,9);1H2;2*1H;/q-1;;;;;+2/p-3. The zero-order valence-electron chi connectivity index (χ0n) is 14.0. The van der Waals surface area contributed by atoms with Crippen LogP contribution in [0.2, 0.25) is 0 Å². The number of hydrogen-bond donors (Lipinski definition) is 0. The minimum Gasteiger partial charge on any atom is -0.664 e. The average Bonchev–Trinajstić information content (AvgIpc) is 3.01. The van der Waals surface area contributed by atoms with Crippen LogP contribution in [0.3, 0.4) is 0 Å². The van der Waals surface area contributed by atoms with Gasteiger partial charge in [0.05, 0.1) is 5.91 Å². The average molecular weight is 418 g/mol. The first-order valence-electron chi connectivity index (χ1n) is 7.83. The van der Waals surface area contributed by atoms with E-state index in [0.717, 1.165) is 0 Å². The molecular formula is C21H17Cl2NOTi-2. The molecule has 4 aromatic carbocycles. The molecule has 26 heavy (non-hydrogen) atoms. The zero-order valence-corrected chi connectivity index (χ0v) is 17.0. The molecule has 2 nitrogen and oxygen atoms in total. The van der Waals surface area contributed by atoms with Crippen molar-refractivity contribution in [2.75, 3.05) is 0 Å². The molecule has 0 aliphatic rings. The molecule has 4 aromatic rings. The fourth-order valence-corrected chi connectivity index (χ4v) is 2.49. The maximum atomic E-state index is 10.3. The van der Waals surface area contributed by atoms with E-state index in [2.05, 4.69) is 59.4 Å². The molecule has 0 bridgehead atoms. The summed E-state index contributed by atoms with van der Waals surface area (Å²) in [6, 6.07) is 27.8. The van der Waals surface area contributed by atoms with Crippen LogP contribution < -0.4 is 0 Å². The Hall–Kier alpha value is -1.84. The molecule has 0 saturated heterocycles. The van der Waals surface area contributed by atoms with Crippen molar-refractivity contribution in [1.82, 2.24) is 0 Å². The summed E-state index contributed by atoms with van der Waals surface area (Å²) in [5, 5.41) is 5.39. The number of fused-ring (bicyclic) bond motifs is 3. The minimum absolute atomic E-state index is 0.442. The summed E-state index contributed by atoms with van der Waals surface area (Å²) >= 11 is -1.64. The van der Waals surface area contributed by atoms with E-state index in [1.807, 2.05) is 6.07 Å². The Balaban J connectivity index is 0.000000164. The van der Waals surface area contributed by atoms with Gasteiger partial charge in [0.2, 0.25) is 0 Å². The summed E-state index contributed by atoms with van der Waals surface area (Å²) in [6.45, 7) is 0. The van der Waals surface area contributed by atoms with Gasteiger partial charge in [-0.1, -0.05) is 66.7 Å². The van der Waals surface area contributed by atoms with Gasteiger partial charge in [0.15, 0.2) is 0 Å². The number of hydrogen-bond acceptors (Lipinski definition) is 1. The predicted molar refractivity (Wildman–Crippen MR) is 111 cm³/mol. The smallest absolute Gasteiger partial charge is 0.0796 e. The van der Waals surface area contributed by atoms with Crippen molar-refractivity contribution in [2.24, 2.45) is 0 Å². The van der Waals surface area contributed by atoms with Gasteiger partial charge in [0.1, 0.15) is 0 Å². The van der Waals surface area contributed by atoms with Crippen molar-refractivity contribution in [3.63, 3.8) is 0 Å². The summed E-state index contributed by atoms with van der Waals surface area (Å²) < 4.78 is 0. The number of amides is 1. The van der Waals surface area contributed by atoms with Gasteiger partial charge >= 0.3 is 38.7 Å². The number of benzene rings is 3. The molecule has 5 heteroatoms. The Morgan fingerprint density at radius 3 is 1.58 bits per heavy atom. The van der Waals surface area contributed by atoms with Crippen molar-refractivity contribution >= 4 is 50.9 Å². The van der Waals surface area contributed by atoms with Gasteiger partial charge < -0.3 is 10.5 Å². The second kappa shape index (κ2) is 10.3. The molecule has 132 valence electrons. The summed E-state index contributed by atoms with van der Waals surface area (Å²) in [6.07, 6.45) is 0. The van der Waals surface area contributed by atoms with E-state index in [1.54, 1.807) is 24.3 Å². The Kier molecular flexibility index (Phi) is 8.15. The van der Waals surface area contributed by atoms with Crippen molar-refractivity contribution in [3.05, 3.63) is 96.2 Å². The van der Waals surface area contributed by atoms with Crippen LogP contribution in [0, 0.1) is 0 Å². The van der Waals surface area contributed by atoms with Gasteiger partial charge in [0, 0.05) is 0 Å². The minimum atomic E-state index is -1.64. The quantitative estimate of drug-likeness (QED) is 0.244. The third-order valence-corrected chi connectivity index (χ3v) is 3.56. The van der Waals surface area contributed by atoms with E-state index in [-0.39, 0.29) is 0 Å². The molecule has 0 aromatic heterocycles. The molecule has 0 saturated carbocycles. The Morgan fingerprint density at radius 1 is 0.808 bits per heavy atom. The molecule has 1 amide bonds. The molecule has 0 unspecified atom stereocenters.